The van der Waals surface area contributed by atoms with E-state index in [-0.39, 0.29) is 0 Å². The molecular formula is C17H31N3O. The van der Waals surface area contributed by atoms with Crippen LogP contribution in [0.2, 0.25) is 0 Å². The van der Waals surface area contributed by atoms with Gasteiger partial charge in [-0.25, -0.2) is 0 Å². The summed E-state index contributed by atoms with van der Waals surface area (Å²) in [6, 6.07) is 5.27. The van der Waals surface area contributed by atoms with Crippen LogP contribution < -0.4 is 5.32 Å². The summed E-state index contributed by atoms with van der Waals surface area (Å²) < 4.78 is 5.75. The van der Waals surface area contributed by atoms with E-state index in [2.05, 4.69) is 62.0 Å². The lowest BCUT2D eigenvalue weighted by Gasteiger charge is -2.30. The second kappa shape index (κ2) is 9.87. The number of nitrogens with zero attached hydrogens (tertiary/aromatic N) is 2. The monoisotopic (exact) mass is 293 g/mol. The molecule has 0 saturated heterocycles. The fraction of sp³-hybridized carbons (Fsp3) is 0.706. The Bertz CT molecular complexity index is 368. The van der Waals surface area contributed by atoms with Crippen LogP contribution in [0.4, 0.5) is 0 Å². The normalized spacial score (nSPS) is 11.8. The Morgan fingerprint density at radius 1 is 1.19 bits per heavy atom. The topological polar surface area (TPSA) is 37.4 Å². The average Bonchev–Trinajstić information content (AvgIpc) is 2.45. The maximum atomic E-state index is 5.75. The molecule has 1 rings (SSSR count). The molecule has 0 saturated carbocycles. The Kier molecular flexibility index (Phi) is 8.50. The van der Waals surface area contributed by atoms with Crippen LogP contribution in [0.5, 0.6) is 0 Å². The zero-order chi connectivity index (χ0) is 15.7. The SMILES string of the molecule is CCNCc1ccc(COCCN(C(C)C)C(C)C)nc1. The van der Waals surface area contributed by atoms with Gasteiger partial charge in [0.25, 0.3) is 0 Å². The van der Waals surface area contributed by atoms with Crippen molar-refractivity contribution in [3.05, 3.63) is 29.6 Å². The summed E-state index contributed by atoms with van der Waals surface area (Å²) in [6.07, 6.45) is 1.93. The molecule has 1 aromatic rings. The molecule has 0 aliphatic carbocycles. The Morgan fingerprint density at radius 2 is 1.90 bits per heavy atom. The van der Waals surface area contributed by atoms with Crippen molar-refractivity contribution in [2.45, 2.75) is 59.9 Å². The molecule has 0 fully saturated rings. The van der Waals surface area contributed by atoms with E-state index >= 15 is 0 Å². The van der Waals surface area contributed by atoms with Gasteiger partial charge in [0.2, 0.25) is 0 Å². The zero-order valence-electron chi connectivity index (χ0n) is 14.2. The first-order valence-corrected chi connectivity index (χ1v) is 8.02. The van der Waals surface area contributed by atoms with Gasteiger partial charge in [0, 0.05) is 31.4 Å². The van der Waals surface area contributed by atoms with Gasteiger partial charge in [-0.1, -0.05) is 13.0 Å². The van der Waals surface area contributed by atoms with E-state index in [0.29, 0.717) is 18.7 Å². The summed E-state index contributed by atoms with van der Waals surface area (Å²) in [6.45, 7) is 15.2. The van der Waals surface area contributed by atoms with E-state index in [9.17, 15) is 0 Å². The van der Waals surface area contributed by atoms with Crippen molar-refractivity contribution >= 4 is 0 Å². The molecule has 120 valence electrons. The van der Waals surface area contributed by atoms with Crippen LogP contribution in [0.25, 0.3) is 0 Å². The third kappa shape index (κ3) is 7.02. The van der Waals surface area contributed by atoms with Gasteiger partial charge in [0.15, 0.2) is 0 Å². The van der Waals surface area contributed by atoms with Crippen LogP contribution in [0, 0.1) is 0 Å². The van der Waals surface area contributed by atoms with E-state index in [0.717, 1.165) is 31.9 Å². The van der Waals surface area contributed by atoms with Crippen LogP contribution in [0.15, 0.2) is 18.3 Å². The predicted octanol–water partition coefficient (Wildman–Crippen LogP) is 2.83. The van der Waals surface area contributed by atoms with Gasteiger partial charge < -0.3 is 10.1 Å². The van der Waals surface area contributed by atoms with Crippen molar-refractivity contribution in [1.82, 2.24) is 15.2 Å². The predicted molar refractivity (Wildman–Crippen MR) is 88.3 cm³/mol. The number of pyridine rings is 1. The first-order chi connectivity index (χ1) is 10.0. The zero-order valence-corrected chi connectivity index (χ0v) is 14.2. The molecule has 0 unspecified atom stereocenters. The van der Waals surface area contributed by atoms with E-state index in [1.54, 1.807) is 0 Å². The summed E-state index contributed by atoms with van der Waals surface area (Å²) in [7, 11) is 0. The third-order valence-electron chi connectivity index (χ3n) is 3.54. The molecular weight excluding hydrogens is 262 g/mol. The lowest BCUT2D eigenvalue weighted by Crippen LogP contribution is -2.39. The van der Waals surface area contributed by atoms with Gasteiger partial charge in [-0.05, 0) is 45.9 Å². The van der Waals surface area contributed by atoms with E-state index in [4.69, 9.17) is 4.74 Å². The number of rotatable bonds is 10. The summed E-state index contributed by atoms with van der Waals surface area (Å²) >= 11 is 0. The number of nitrogens with one attached hydrogen (secondary N) is 1. The van der Waals surface area contributed by atoms with Crippen molar-refractivity contribution in [3.8, 4) is 0 Å². The van der Waals surface area contributed by atoms with Crippen molar-refractivity contribution in [2.75, 3.05) is 19.7 Å². The fourth-order valence-electron chi connectivity index (χ4n) is 2.37. The van der Waals surface area contributed by atoms with Crippen LogP contribution >= 0.6 is 0 Å². The molecule has 0 spiro atoms. The second-order valence-corrected chi connectivity index (χ2v) is 5.92. The summed E-state index contributed by atoms with van der Waals surface area (Å²) in [5.74, 6) is 0. The molecule has 0 aliphatic heterocycles. The first-order valence-electron chi connectivity index (χ1n) is 8.02. The van der Waals surface area contributed by atoms with E-state index in [1.165, 1.54) is 5.56 Å². The average molecular weight is 293 g/mol. The van der Waals surface area contributed by atoms with Crippen LogP contribution in [0.1, 0.15) is 45.9 Å². The molecule has 21 heavy (non-hydrogen) atoms. The Morgan fingerprint density at radius 3 is 2.43 bits per heavy atom. The van der Waals surface area contributed by atoms with Gasteiger partial charge >= 0.3 is 0 Å². The smallest absolute Gasteiger partial charge is 0.0888 e. The number of hydrogen-bond donors (Lipinski definition) is 1. The second-order valence-electron chi connectivity index (χ2n) is 5.92. The molecule has 0 atom stereocenters. The van der Waals surface area contributed by atoms with Crippen molar-refractivity contribution in [3.63, 3.8) is 0 Å². The Labute approximate surface area is 129 Å². The molecule has 0 aromatic carbocycles. The van der Waals surface area contributed by atoms with Crippen LogP contribution in [-0.4, -0.2) is 41.7 Å². The van der Waals surface area contributed by atoms with E-state index < -0.39 is 0 Å². The highest BCUT2D eigenvalue weighted by Crippen LogP contribution is 2.05. The number of aromatic nitrogens is 1. The van der Waals surface area contributed by atoms with Crippen LogP contribution in [0.3, 0.4) is 0 Å². The molecule has 0 aliphatic rings. The summed E-state index contributed by atoms with van der Waals surface area (Å²) in [4.78, 5) is 6.88. The van der Waals surface area contributed by atoms with Gasteiger partial charge in [-0.2, -0.15) is 0 Å². The third-order valence-corrected chi connectivity index (χ3v) is 3.54. The first kappa shape index (κ1) is 18.1. The van der Waals surface area contributed by atoms with Gasteiger partial charge in [-0.3, -0.25) is 9.88 Å². The minimum Gasteiger partial charge on any atom is -0.374 e. The van der Waals surface area contributed by atoms with Gasteiger partial charge in [0.1, 0.15) is 0 Å². The highest BCUT2D eigenvalue weighted by molar-refractivity contribution is 5.13. The fourth-order valence-corrected chi connectivity index (χ4v) is 2.37. The van der Waals surface area contributed by atoms with Crippen molar-refractivity contribution < 1.29 is 4.74 Å². The highest BCUT2D eigenvalue weighted by atomic mass is 16.5. The van der Waals surface area contributed by atoms with Crippen LogP contribution in [-0.2, 0) is 17.9 Å². The summed E-state index contributed by atoms with van der Waals surface area (Å²) in [5, 5.41) is 3.29. The molecule has 0 radical (unpaired) electrons. The van der Waals surface area contributed by atoms with Crippen molar-refractivity contribution in [1.29, 1.82) is 0 Å². The maximum absolute atomic E-state index is 5.75. The molecule has 4 heteroatoms. The molecule has 0 bridgehead atoms. The maximum Gasteiger partial charge on any atom is 0.0888 e. The van der Waals surface area contributed by atoms with Gasteiger partial charge in [0.05, 0.1) is 18.9 Å². The molecule has 1 N–H and O–H groups in total. The Hall–Kier alpha value is -0.970. The lowest BCUT2D eigenvalue weighted by molar-refractivity contribution is 0.0685. The highest BCUT2D eigenvalue weighted by Gasteiger charge is 2.12. The minimum atomic E-state index is 0.553. The summed E-state index contributed by atoms with van der Waals surface area (Å²) in [5.41, 5.74) is 2.21. The largest absolute Gasteiger partial charge is 0.374 e. The molecule has 1 aromatic heterocycles. The quantitative estimate of drug-likeness (QED) is 0.673. The molecule has 0 amide bonds. The van der Waals surface area contributed by atoms with Crippen molar-refractivity contribution in [2.24, 2.45) is 0 Å². The Balaban J connectivity index is 2.29. The number of hydrogen-bond acceptors (Lipinski definition) is 4. The standard InChI is InChI=1S/C17H31N3O/c1-6-18-11-16-7-8-17(19-12-16)13-21-10-9-20(14(2)3)15(4)5/h7-8,12,14-15,18H,6,9-11,13H2,1-5H3. The van der Waals surface area contributed by atoms with E-state index in [1.807, 2.05) is 6.20 Å². The number of ether oxygens (including phenoxy) is 1. The molecule has 1 heterocycles. The minimum absolute atomic E-state index is 0.553. The molecule has 4 nitrogen and oxygen atoms in total. The lowest BCUT2D eigenvalue weighted by atomic mass is 10.2. The van der Waals surface area contributed by atoms with Gasteiger partial charge in [-0.15, -0.1) is 0 Å².